The molecule has 0 aliphatic carbocycles. The molecule has 0 saturated carbocycles. The van der Waals surface area contributed by atoms with E-state index >= 15 is 0 Å². The van der Waals surface area contributed by atoms with Gasteiger partial charge >= 0.3 is 0 Å². The highest BCUT2D eigenvalue weighted by molar-refractivity contribution is 6.30. The highest BCUT2D eigenvalue weighted by atomic mass is 35.5. The van der Waals surface area contributed by atoms with E-state index in [1.165, 1.54) is 5.56 Å². The lowest BCUT2D eigenvalue weighted by molar-refractivity contribution is 0.370. The predicted octanol–water partition coefficient (Wildman–Crippen LogP) is 3.24. The Morgan fingerprint density at radius 2 is 1.81 bits per heavy atom. The Morgan fingerprint density at radius 3 is 2.48 bits per heavy atom. The largest absolute Gasteiger partial charge is 0.368 e. The molecule has 8 heteroatoms. The minimum atomic E-state index is 0.583. The topological polar surface area (TPSA) is 61.6 Å². The number of hydrogen-bond donors (Lipinski definition) is 1. The monoisotopic (exact) mass is 437 g/mol. The van der Waals surface area contributed by atoms with E-state index in [-0.39, 0.29) is 0 Å². The molecule has 31 heavy (non-hydrogen) atoms. The molecule has 1 saturated heterocycles. The molecule has 1 fully saturated rings. The summed E-state index contributed by atoms with van der Waals surface area (Å²) in [6.45, 7) is 6.76. The Hall–Kier alpha value is -3.06. The van der Waals surface area contributed by atoms with Crippen molar-refractivity contribution in [2.45, 2.75) is 20.0 Å². The Kier molecular flexibility index (Phi) is 6.72. The normalized spacial score (nSPS) is 14.7. The molecule has 0 radical (unpaired) electrons. The van der Waals surface area contributed by atoms with E-state index in [1.54, 1.807) is 0 Å². The number of hydrogen-bond acceptors (Lipinski definition) is 4. The van der Waals surface area contributed by atoms with Crippen molar-refractivity contribution >= 4 is 23.2 Å². The fourth-order valence-corrected chi connectivity index (χ4v) is 3.81. The average molecular weight is 438 g/mol. The first-order valence-corrected chi connectivity index (χ1v) is 10.9. The summed E-state index contributed by atoms with van der Waals surface area (Å²) in [4.78, 5) is 9.59. The number of nitrogens with zero attached hydrogens (tertiary/aromatic N) is 6. The van der Waals surface area contributed by atoms with Crippen molar-refractivity contribution in [2.75, 3.05) is 31.1 Å². The maximum Gasteiger partial charge on any atom is 0.194 e. The molecule has 7 nitrogen and oxygen atoms in total. The molecule has 0 unspecified atom stereocenters. The number of rotatable bonds is 5. The van der Waals surface area contributed by atoms with Crippen LogP contribution in [-0.2, 0) is 20.1 Å². The lowest BCUT2D eigenvalue weighted by Gasteiger charge is -2.37. The fraction of sp³-hybridized carbons (Fsp3) is 0.348. The highest BCUT2D eigenvalue weighted by Gasteiger charge is 2.21. The van der Waals surface area contributed by atoms with E-state index in [9.17, 15) is 0 Å². The molecule has 1 aromatic heterocycles. The Labute approximate surface area is 188 Å². The van der Waals surface area contributed by atoms with Gasteiger partial charge in [0.15, 0.2) is 11.8 Å². The van der Waals surface area contributed by atoms with E-state index in [2.05, 4.69) is 43.5 Å². The second kappa shape index (κ2) is 9.83. The first kappa shape index (κ1) is 21.2. The SMILES string of the molecule is Cc1nnc(CNC(=NCc2ccccc2)N2CCN(c3cccc(Cl)c3)CC2)n1C. The summed E-state index contributed by atoms with van der Waals surface area (Å²) in [5, 5.41) is 12.7. The second-order valence-electron chi connectivity index (χ2n) is 7.66. The Balaban J connectivity index is 1.45. The molecule has 0 bridgehead atoms. The maximum atomic E-state index is 6.18. The van der Waals surface area contributed by atoms with E-state index in [0.29, 0.717) is 13.1 Å². The van der Waals surface area contributed by atoms with Crippen LogP contribution in [0.1, 0.15) is 17.2 Å². The van der Waals surface area contributed by atoms with Gasteiger partial charge in [0, 0.05) is 43.9 Å². The van der Waals surface area contributed by atoms with Gasteiger partial charge in [-0.2, -0.15) is 0 Å². The van der Waals surface area contributed by atoms with Crippen LogP contribution in [0.4, 0.5) is 5.69 Å². The first-order valence-electron chi connectivity index (χ1n) is 10.5. The summed E-state index contributed by atoms with van der Waals surface area (Å²) in [7, 11) is 1.98. The molecule has 1 aliphatic rings. The van der Waals surface area contributed by atoms with E-state index < -0.39 is 0 Å². The predicted molar refractivity (Wildman–Crippen MR) is 125 cm³/mol. The molecule has 2 aromatic carbocycles. The number of nitrogens with one attached hydrogen (secondary N) is 1. The van der Waals surface area contributed by atoms with Crippen LogP contribution in [0.5, 0.6) is 0 Å². The molecule has 1 N–H and O–H groups in total. The van der Waals surface area contributed by atoms with Crippen molar-refractivity contribution in [3.63, 3.8) is 0 Å². The molecule has 2 heterocycles. The molecule has 1 aliphatic heterocycles. The molecule has 3 aromatic rings. The summed E-state index contributed by atoms with van der Waals surface area (Å²) in [6.07, 6.45) is 0. The number of aliphatic imine (C=N–C) groups is 1. The standard InChI is InChI=1S/C23H28ClN7/c1-18-27-28-22(29(18)2)17-26-23(25-16-19-7-4-3-5-8-19)31-13-11-30(12-14-31)21-10-6-9-20(24)15-21/h3-10,15H,11-14,16-17H2,1-2H3,(H,25,26). The molecule has 0 amide bonds. The van der Waals surface area contributed by atoms with Crippen LogP contribution in [0.3, 0.4) is 0 Å². The summed E-state index contributed by atoms with van der Waals surface area (Å²) < 4.78 is 2.00. The van der Waals surface area contributed by atoms with Crippen molar-refractivity contribution in [2.24, 2.45) is 12.0 Å². The van der Waals surface area contributed by atoms with Crippen LogP contribution in [0.25, 0.3) is 0 Å². The molecule has 4 rings (SSSR count). The van der Waals surface area contributed by atoms with Gasteiger partial charge in [-0.3, -0.25) is 0 Å². The minimum Gasteiger partial charge on any atom is -0.368 e. The number of aromatic nitrogens is 3. The van der Waals surface area contributed by atoms with E-state index in [1.807, 2.05) is 54.9 Å². The summed E-state index contributed by atoms with van der Waals surface area (Å²) in [5.74, 6) is 2.69. The number of benzene rings is 2. The zero-order valence-electron chi connectivity index (χ0n) is 18.0. The smallest absolute Gasteiger partial charge is 0.194 e. The second-order valence-corrected chi connectivity index (χ2v) is 8.09. The van der Waals surface area contributed by atoms with Crippen LogP contribution < -0.4 is 10.2 Å². The molecular weight excluding hydrogens is 410 g/mol. The summed E-state index contributed by atoms with van der Waals surface area (Å²) in [6, 6.07) is 18.4. The van der Waals surface area contributed by atoms with Gasteiger partial charge in [0.05, 0.1) is 13.1 Å². The summed E-state index contributed by atoms with van der Waals surface area (Å²) >= 11 is 6.18. The van der Waals surface area contributed by atoms with Gasteiger partial charge in [-0.05, 0) is 30.7 Å². The summed E-state index contributed by atoms with van der Waals surface area (Å²) in [5.41, 5.74) is 2.35. The zero-order valence-corrected chi connectivity index (χ0v) is 18.8. The van der Waals surface area contributed by atoms with Crippen molar-refractivity contribution < 1.29 is 0 Å². The van der Waals surface area contributed by atoms with Crippen LogP contribution in [0.2, 0.25) is 5.02 Å². The average Bonchev–Trinajstić information content (AvgIpc) is 3.12. The number of anilines is 1. The third-order valence-electron chi connectivity index (χ3n) is 5.59. The Bertz CT molecular complexity index is 1020. The quantitative estimate of drug-likeness (QED) is 0.490. The van der Waals surface area contributed by atoms with Gasteiger partial charge in [-0.25, -0.2) is 4.99 Å². The van der Waals surface area contributed by atoms with Gasteiger partial charge < -0.3 is 19.7 Å². The minimum absolute atomic E-state index is 0.583. The van der Waals surface area contributed by atoms with Crippen molar-refractivity contribution in [1.29, 1.82) is 0 Å². The first-order chi connectivity index (χ1) is 15.1. The van der Waals surface area contributed by atoms with Crippen molar-refractivity contribution in [3.8, 4) is 0 Å². The maximum absolute atomic E-state index is 6.18. The number of halogens is 1. The van der Waals surface area contributed by atoms with Crippen LogP contribution >= 0.6 is 11.6 Å². The van der Waals surface area contributed by atoms with E-state index in [4.69, 9.17) is 16.6 Å². The van der Waals surface area contributed by atoms with Crippen molar-refractivity contribution in [3.05, 3.63) is 76.8 Å². The molecule has 0 atom stereocenters. The third-order valence-corrected chi connectivity index (χ3v) is 5.83. The fourth-order valence-electron chi connectivity index (χ4n) is 3.63. The van der Waals surface area contributed by atoms with Gasteiger partial charge in [-0.15, -0.1) is 10.2 Å². The third kappa shape index (κ3) is 5.35. The lowest BCUT2D eigenvalue weighted by atomic mass is 10.2. The zero-order chi connectivity index (χ0) is 21.6. The Morgan fingerprint density at radius 1 is 1.03 bits per heavy atom. The van der Waals surface area contributed by atoms with Crippen LogP contribution in [0.15, 0.2) is 59.6 Å². The highest BCUT2D eigenvalue weighted by Crippen LogP contribution is 2.21. The lowest BCUT2D eigenvalue weighted by Crippen LogP contribution is -2.52. The van der Waals surface area contributed by atoms with Gasteiger partial charge in [0.25, 0.3) is 0 Å². The van der Waals surface area contributed by atoms with Gasteiger partial charge in [0.1, 0.15) is 5.82 Å². The molecular formula is C23H28ClN7. The number of guanidine groups is 1. The van der Waals surface area contributed by atoms with Gasteiger partial charge in [-0.1, -0.05) is 48.0 Å². The number of aryl methyl sites for hydroxylation is 1. The van der Waals surface area contributed by atoms with Crippen molar-refractivity contribution in [1.82, 2.24) is 25.0 Å². The molecule has 162 valence electrons. The number of piperazine rings is 1. The van der Waals surface area contributed by atoms with Crippen LogP contribution in [0, 0.1) is 6.92 Å². The van der Waals surface area contributed by atoms with E-state index in [0.717, 1.165) is 54.5 Å². The van der Waals surface area contributed by atoms with Gasteiger partial charge in [0.2, 0.25) is 0 Å². The molecule has 0 spiro atoms. The van der Waals surface area contributed by atoms with Crippen LogP contribution in [-0.4, -0.2) is 51.8 Å².